The average Bonchev–Trinajstić information content (AvgIpc) is 3.62. The number of allylic oxidation sites excluding steroid dienone is 2. The molecule has 8 nitrogen and oxygen atoms in total. The standard InChI is InChI=1S/C26H23N3O5/c30-24(27-15-7-4-8-16(12-15)29(33)34)21(11-14-5-2-1-3-6-14)28-25(31)22-17-9-10-18(20-13-19(17)20)23(22)26(28)32/h1-10,12,17-23H,11,13H2,(H,27,30)/t17-,18-,19-,20+,21-,22-,23+/m0/s1. The number of imide groups is 1. The summed E-state index contributed by atoms with van der Waals surface area (Å²) < 4.78 is 0. The van der Waals surface area contributed by atoms with Gasteiger partial charge in [0.1, 0.15) is 6.04 Å². The molecule has 0 spiro atoms. The van der Waals surface area contributed by atoms with E-state index >= 15 is 0 Å². The van der Waals surface area contributed by atoms with Gasteiger partial charge in [-0.1, -0.05) is 48.6 Å². The topological polar surface area (TPSA) is 110 Å². The summed E-state index contributed by atoms with van der Waals surface area (Å²) in [6.07, 6.45) is 5.44. The van der Waals surface area contributed by atoms with E-state index in [4.69, 9.17) is 0 Å². The molecule has 0 unspecified atom stereocenters. The van der Waals surface area contributed by atoms with Crippen LogP contribution in [0.1, 0.15) is 12.0 Å². The molecule has 5 aliphatic rings. The van der Waals surface area contributed by atoms with Gasteiger partial charge >= 0.3 is 0 Å². The number of nitro groups is 1. The molecule has 2 saturated carbocycles. The van der Waals surface area contributed by atoms with Gasteiger partial charge in [-0.3, -0.25) is 29.4 Å². The molecule has 3 fully saturated rings. The zero-order chi connectivity index (χ0) is 23.6. The Bertz CT molecular complexity index is 1210. The fraction of sp³-hybridized carbons (Fsp3) is 0.346. The van der Waals surface area contributed by atoms with Gasteiger partial charge in [-0.2, -0.15) is 0 Å². The summed E-state index contributed by atoms with van der Waals surface area (Å²) in [4.78, 5) is 52.6. The van der Waals surface area contributed by atoms with Gasteiger partial charge in [0.25, 0.3) is 5.69 Å². The quantitative estimate of drug-likeness (QED) is 0.310. The normalized spacial score (nSPS) is 31.1. The molecule has 1 aliphatic heterocycles. The smallest absolute Gasteiger partial charge is 0.271 e. The van der Waals surface area contributed by atoms with E-state index in [9.17, 15) is 24.5 Å². The lowest BCUT2D eigenvalue weighted by molar-refractivity contribution is -0.384. The highest BCUT2D eigenvalue weighted by atomic mass is 16.6. The van der Waals surface area contributed by atoms with Gasteiger partial charge in [0.05, 0.1) is 16.8 Å². The highest BCUT2D eigenvalue weighted by Crippen LogP contribution is 2.65. The number of likely N-dealkylation sites (tertiary alicyclic amines) is 1. The van der Waals surface area contributed by atoms with Gasteiger partial charge in [0.15, 0.2) is 0 Å². The van der Waals surface area contributed by atoms with E-state index in [1.54, 1.807) is 6.07 Å². The van der Waals surface area contributed by atoms with Crippen molar-refractivity contribution in [3.8, 4) is 0 Å². The maximum atomic E-state index is 13.6. The number of carbonyl (C=O) groups is 3. The Morgan fingerprint density at radius 3 is 2.26 bits per heavy atom. The van der Waals surface area contributed by atoms with Gasteiger partial charge in [0.2, 0.25) is 17.7 Å². The molecule has 0 radical (unpaired) electrons. The van der Waals surface area contributed by atoms with Crippen LogP contribution in [0.3, 0.4) is 0 Å². The molecule has 2 aromatic rings. The Morgan fingerprint density at radius 2 is 1.65 bits per heavy atom. The summed E-state index contributed by atoms with van der Waals surface area (Å²) in [6.45, 7) is 0. The Kier molecular flexibility index (Phi) is 4.65. The predicted molar refractivity (Wildman–Crippen MR) is 122 cm³/mol. The first-order chi connectivity index (χ1) is 16.4. The lowest BCUT2D eigenvalue weighted by atomic mass is 9.63. The SMILES string of the molecule is O=C(Nc1cccc([N+](=O)[O-])c1)[C@H](Cc1ccccc1)N1C(=O)[C@@H]2[C@H]3C=C[C@@H]([C@@H]4C[C@H]34)[C@@H]2C1=O. The van der Waals surface area contributed by atoms with Gasteiger partial charge in [0, 0.05) is 24.2 Å². The third kappa shape index (κ3) is 3.16. The number of amides is 3. The minimum atomic E-state index is -1.04. The van der Waals surface area contributed by atoms with E-state index < -0.39 is 28.7 Å². The summed E-state index contributed by atoms with van der Waals surface area (Å²) in [5.41, 5.74) is 0.913. The summed E-state index contributed by atoms with van der Waals surface area (Å²) in [6, 6.07) is 13.8. The number of carbonyl (C=O) groups excluding carboxylic acids is 3. The zero-order valence-electron chi connectivity index (χ0n) is 18.2. The number of hydrogen-bond donors (Lipinski definition) is 1. The van der Waals surface area contributed by atoms with E-state index in [1.807, 2.05) is 30.3 Å². The molecule has 34 heavy (non-hydrogen) atoms. The van der Waals surface area contributed by atoms with Crippen LogP contribution in [0.4, 0.5) is 11.4 Å². The Balaban J connectivity index is 1.32. The van der Waals surface area contributed by atoms with Crippen molar-refractivity contribution in [2.45, 2.75) is 18.9 Å². The van der Waals surface area contributed by atoms with E-state index in [0.29, 0.717) is 11.8 Å². The summed E-state index contributed by atoms with van der Waals surface area (Å²) in [5, 5.41) is 13.8. The number of nitrogens with zero attached hydrogens (tertiary/aromatic N) is 2. The van der Waals surface area contributed by atoms with Crippen LogP contribution in [-0.4, -0.2) is 33.6 Å². The van der Waals surface area contributed by atoms with Crippen molar-refractivity contribution in [2.24, 2.45) is 35.5 Å². The number of nitrogens with one attached hydrogen (secondary N) is 1. The van der Waals surface area contributed by atoms with Crippen molar-refractivity contribution in [3.63, 3.8) is 0 Å². The maximum absolute atomic E-state index is 13.6. The first kappa shape index (κ1) is 20.8. The van der Waals surface area contributed by atoms with E-state index in [1.165, 1.54) is 23.1 Å². The second kappa shape index (κ2) is 7.62. The Hall–Kier alpha value is -3.81. The summed E-state index contributed by atoms with van der Waals surface area (Å²) in [5.74, 6) is -0.777. The molecule has 8 heteroatoms. The van der Waals surface area contributed by atoms with Crippen LogP contribution in [0.25, 0.3) is 0 Å². The molecule has 4 aliphatic carbocycles. The Labute approximate surface area is 195 Å². The van der Waals surface area contributed by atoms with Crippen LogP contribution in [-0.2, 0) is 20.8 Å². The van der Waals surface area contributed by atoms with Crippen molar-refractivity contribution < 1.29 is 19.3 Å². The van der Waals surface area contributed by atoms with Gasteiger partial charge in [-0.25, -0.2) is 0 Å². The fourth-order valence-corrected chi connectivity index (χ4v) is 6.35. The number of nitro benzene ring substituents is 1. The number of non-ortho nitro benzene ring substituents is 1. The molecule has 2 bridgehead atoms. The van der Waals surface area contributed by atoms with Crippen LogP contribution >= 0.6 is 0 Å². The minimum absolute atomic E-state index is 0.0682. The van der Waals surface area contributed by atoms with Crippen LogP contribution in [0.5, 0.6) is 0 Å². The highest BCUT2D eigenvalue weighted by molar-refractivity contribution is 6.10. The molecule has 172 valence electrons. The third-order valence-electron chi connectivity index (χ3n) is 7.91. The van der Waals surface area contributed by atoms with E-state index in [0.717, 1.165) is 12.0 Å². The monoisotopic (exact) mass is 457 g/mol. The second-order valence-electron chi connectivity index (χ2n) is 9.70. The maximum Gasteiger partial charge on any atom is 0.271 e. The van der Waals surface area contributed by atoms with Crippen molar-refractivity contribution in [3.05, 3.63) is 82.4 Å². The van der Waals surface area contributed by atoms with Crippen LogP contribution in [0.2, 0.25) is 0 Å². The molecule has 1 N–H and O–H groups in total. The molecule has 2 aromatic carbocycles. The van der Waals surface area contributed by atoms with Gasteiger partial charge in [-0.15, -0.1) is 0 Å². The number of benzene rings is 2. The molecule has 0 aromatic heterocycles. The van der Waals surface area contributed by atoms with Crippen LogP contribution < -0.4 is 5.32 Å². The first-order valence-electron chi connectivity index (χ1n) is 11.6. The van der Waals surface area contributed by atoms with Crippen molar-refractivity contribution in [1.82, 2.24) is 4.90 Å². The molecule has 1 saturated heterocycles. The third-order valence-corrected chi connectivity index (χ3v) is 7.91. The number of rotatable bonds is 6. The van der Waals surface area contributed by atoms with Gasteiger partial charge in [-0.05, 0) is 41.7 Å². The number of anilines is 1. The molecular formula is C26H23N3O5. The molecular weight excluding hydrogens is 434 g/mol. The molecule has 3 amide bonds. The largest absolute Gasteiger partial charge is 0.324 e. The lowest BCUT2D eigenvalue weighted by Gasteiger charge is -2.37. The first-order valence-corrected chi connectivity index (χ1v) is 11.6. The zero-order valence-corrected chi connectivity index (χ0v) is 18.2. The van der Waals surface area contributed by atoms with E-state index in [2.05, 4.69) is 17.5 Å². The second-order valence-corrected chi connectivity index (χ2v) is 9.70. The molecule has 7 rings (SSSR count). The van der Waals surface area contributed by atoms with Crippen LogP contribution in [0.15, 0.2) is 66.7 Å². The van der Waals surface area contributed by atoms with E-state index in [-0.39, 0.29) is 41.4 Å². The summed E-state index contributed by atoms with van der Waals surface area (Å²) >= 11 is 0. The summed E-state index contributed by atoms with van der Waals surface area (Å²) in [7, 11) is 0. The van der Waals surface area contributed by atoms with Crippen molar-refractivity contribution in [1.29, 1.82) is 0 Å². The number of hydrogen-bond acceptors (Lipinski definition) is 5. The van der Waals surface area contributed by atoms with Crippen LogP contribution in [0, 0.1) is 45.6 Å². The lowest BCUT2D eigenvalue weighted by Crippen LogP contribution is -2.49. The minimum Gasteiger partial charge on any atom is -0.324 e. The molecule has 1 heterocycles. The average molecular weight is 457 g/mol. The fourth-order valence-electron chi connectivity index (χ4n) is 6.35. The highest BCUT2D eigenvalue weighted by Gasteiger charge is 2.67. The predicted octanol–water partition coefficient (Wildman–Crippen LogP) is 3.20. The molecule has 7 atom stereocenters. The van der Waals surface area contributed by atoms with Crippen molar-refractivity contribution >= 4 is 29.1 Å². The Morgan fingerprint density at radius 1 is 1.00 bits per heavy atom. The van der Waals surface area contributed by atoms with Gasteiger partial charge < -0.3 is 5.32 Å². The van der Waals surface area contributed by atoms with Crippen molar-refractivity contribution in [2.75, 3.05) is 5.32 Å².